The molecule has 1 atom stereocenters. The van der Waals surface area contributed by atoms with Crippen LogP contribution in [0.2, 0.25) is 0 Å². The molecule has 30 heavy (non-hydrogen) atoms. The summed E-state index contributed by atoms with van der Waals surface area (Å²) in [5, 5.41) is 0. The van der Waals surface area contributed by atoms with Crippen molar-refractivity contribution in [2.75, 3.05) is 19.8 Å². The molecule has 0 N–H and O–H groups in total. The molecule has 1 aliphatic heterocycles. The molecule has 0 aromatic heterocycles. The van der Waals surface area contributed by atoms with E-state index < -0.39 is 0 Å². The van der Waals surface area contributed by atoms with Gasteiger partial charge in [0.1, 0.15) is 0 Å². The molecule has 158 valence electrons. The van der Waals surface area contributed by atoms with Gasteiger partial charge in [0.2, 0.25) is 0 Å². The maximum atomic E-state index is 6.15. The summed E-state index contributed by atoms with van der Waals surface area (Å²) in [5.41, 5.74) is 6.21. The monoisotopic (exact) mass is 403 g/mol. The summed E-state index contributed by atoms with van der Waals surface area (Å²) in [4.78, 5) is 2.63. The molecule has 1 saturated heterocycles. The maximum absolute atomic E-state index is 6.15. The second kappa shape index (κ2) is 9.05. The molecule has 5 rings (SSSR count). The van der Waals surface area contributed by atoms with Gasteiger partial charge in [0, 0.05) is 32.5 Å². The van der Waals surface area contributed by atoms with Crippen molar-refractivity contribution in [3.63, 3.8) is 0 Å². The zero-order valence-electron chi connectivity index (χ0n) is 17.9. The highest BCUT2D eigenvalue weighted by Gasteiger charge is 2.44. The first-order valence-electron chi connectivity index (χ1n) is 11.6. The molecule has 3 heteroatoms. The third-order valence-electron chi connectivity index (χ3n) is 7.03. The van der Waals surface area contributed by atoms with Crippen LogP contribution in [0.1, 0.15) is 49.7 Å². The van der Waals surface area contributed by atoms with Gasteiger partial charge >= 0.3 is 0 Å². The second-order valence-corrected chi connectivity index (χ2v) is 9.13. The first kappa shape index (κ1) is 20.0. The summed E-state index contributed by atoms with van der Waals surface area (Å²) in [5.74, 6) is 0.198. The number of ether oxygens (including phenoxy) is 2. The van der Waals surface area contributed by atoms with Crippen molar-refractivity contribution < 1.29 is 9.47 Å². The fourth-order valence-electron chi connectivity index (χ4n) is 5.38. The van der Waals surface area contributed by atoms with Crippen molar-refractivity contribution >= 4 is 0 Å². The van der Waals surface area contributed by atoms with Gasteiger partial charge in [0.05, 0.1) is 13.2 Å². The smallest absolute Gasteiger partial charge is 0.169 e. The van der Waals surface area contributed by atoms with Crippen LogP contribution in [0.3, 0.4) is 0 Å². The fourth-order valence-corrected chi connectivity index (χ4v) is 5.38. The topological polar surface area (TPSA) is 21.7 Å². The Balaban J connectivity index is 1.38. The molecule has 3 fully saturated rings. The molecule has 2 aromatic rings. The number of hydrogen-bond donors (Lipinski definition) is 0. The Hall–Kier alpha value is -1.94. The van der Waals surface area contributed by atoms with Gasteiger partial charge in [-0.1, -0.05) is 71.8 Å². The highest BCUT2D eigenvalue weighted by molar-refractivity contribution is 5.25. The zero-order chi connectivity index (χ0) is 20.2. The fraction of sp³-hybridized carbons (Fsp3) is 0.481. The van der Waals surface area contributed by atoms with Gasteiger partial charge < -0.3 is 9.47 Å². The van der Waals surface area contributed by atoms with E-state index >= 15 is 0 Å². The quantitative estimate of drug-likeness (QED) is 0.577. The van der Waals surface area contributed by atoms with Crippen molar-refractivity contribution in [2.45, 2.75) is 57.4 Å². The molecule has 0 radical (unpaired) electrons. The van der Waals surface area contributed by atoms with Gasteiger partial charge in [-0.15, -0.1) is 0 Å². The van der Waals surface area contributed by atoms with E-state index in [4.69, 9.17) is 9.47 Å². The van der Waals surface area contributed by atoms with Crippen LogP contribution in [0.25, 0.3) is 0 Å². The van der Waals surface area contributed by atoms with Crippen molar-refractivity contribution in [1.82, 2.24) is 4.90 Å². The molecular weight excluding hydrogens is 370 g/mol. The van der Waals surface area contributed by atoms with Gasteiger partial charge in [-0.2, -0.15) is 0 Å². The summed E-state index contributed by atoms with van der Waals surface area (Å²) < 4.78 is 12.3. The zero-order valence-corrected chi connectivity index (χ0v) is 17.9. The molecule has 0 amide bonds. The first-order valence-corrected chi connectivity index (χ1v) is 11.6. The molecule has 1 spiro atoms. The molecule has 3 aliphatic rings. The number of benzene rings is 2. The van der Waals surface area contributed by atoms with Gasteiger partial charge in [-0.25, -0.2) is 0 Å². The van der Waals surface area contributed by atoms with E-state index in [0.29, 0.717) is 5.92 Å². The predicted octanol–water partition coefficient (Wildman–Crippen LogP) is 5.71. The minimum atomic E-state index is -0.330. The van der Waals surface area contributed by atoms with Crippen LogP contribution in [0.15, 0.2) is 71.8 Å². The van der Waals surface area contributed by atoms with Crippen LogP contribution >= 0.6 is 0 Å². The number of hydrogen-bond acceptors (Lipinski definition) is 3. The maximum Gasteiger partial charge on any atom is 0.169 e. The average molecular weight is 404 g/mol. The molecule has 1 unspecified atom stereocenters. The molecule has 0 bridgehead atoms. The van der Waals surface area contributed by atoms with Gasteiger partial charge in [0.15, 0.2) is 5.79 Å². The van der Waals surface area contributed by atoms with E-state index in [9.17, 15) is 0 Å². The molecule has 3 nitrogen and oxygen atoms in total. The summed E-state index contributed by atoms with van der Waals surface area (Å²) in [6, 6.07) is 21.8. The lowest BCUT2D eigenvalue weighted by atomic mass is 9.73. The lowest BCUT2D eigenvalue weighted by Crippen LogP contribution is -2.42. The van der Waals surface area contributed by atoms with E-state index in [1.165, 1.54) is 30.4 Å². The van der Waals surface area contributed by atoms with Crippen LogP contribution in [-0.2, 0) is 22.6 Å². The van der Waals surface area contributed by atoms with Crippen LogP contribution in [-0.4, -0.2) is 30.4 Å². The van der Waals surface area contributed by atoms with Crippen molar-refractivity contribution in [3.05, 3.63) is 82.9 Å². The van der Waals surface area contributed by atoms with Crippen LogP contribution in [0.5, 0.6) is 0 Å². The van der Waals surface area contributed by atoms with E-state index in [2.05, 4.69) is 65.6 Å². The number of allylic oxidation sites excluding steroid dienone is 1. The Morgan fingerprint density at radius 1 is 0.800 bits per heavy atom. The summed E-state index contributed by atoms with van der Waals surface area (Å²) in [6.45, 7) is 4.51. The lowest BCUT2D eigenvalue weighted by Gasteiger charge is -2.42. The lowest BCUT2D eigenvalue weighted by molar-refractivity contribution is -0.181. The molecule has 1 heterocycles. The second-order valence-electron chi connectivity index (χ2n) is 9.13. The molecule has 2 aliphatic carbocycles. The molecule has 2 saturated carbocycles. The Kier molecular flexibility index (Phi) is 6.03. The minimum Gasteiger partial charge on any atom is -0.348 e. The summed E-state index contributed by atoms with van der Waals surface area (Å²) in [6.07, 6.45) is 7.15. The van der Waals surface area contributed by atoms with Gasteiger partial charge in [-0.05, 0) is 42.7 Å². The third-order valence-corrected chi connectivity index (χ3v) is 7.03. The van der Waals surface area contributed by atoms with Crippen LogP contribution in [0, 0.1) is 5.92 Å². The Labute approximate surface area is 180 Å². The average Bonchev–Trinajstić information content (AvgIpc) is 3.18. The SMILES string of the molecule is c1ccc(CN(Cc2ccccc2)CC2CC3(CCC2=C2CCC2)OCCO3)cc1. The highest BCUT2D eigenvalue weighted by Crippen LogP contribution is 2.46. The Bertz CT molecular complexity index is 807. The molecule has 2 aromatic carbocycles. The van der Waals surface area contributed by atoms with Crippen molar-refractivity contribution in [3.8, 4) is 0 Å². The van der Waals surface area contributed by atoms with Crippen LogP contribution in [0.4, 0.5) is 0 Å². The van der Waals surface area contributed by atoms with E-state index in [1.807, 2.05) is 0 Å². The van der Waals surface area contributed by atoms with E-state index in [-0.39, 0.29) is 5.79 Å². The third kappa shape index (κ3) is 4.54. The molecular formula is C27H33NO2. The normalized spacial score (nSPS) is 23.2. The standard InChI is InChI=1S/C27H33NO2/c1-3-8-22(9-4-1)19-28(20-23-10-5-2-6-11-23)21-25-18-27(29-16-17-30-27)15-14-26(25)24-12-7-13-24/h1-6,8-11,25H,7,12-21H2. The number of nitrogens with zero attached hydrogens (tertiary/aromatic N) is 1. The van der Waals surface area contributed by atoms with E-state index in [1.54, 1.807) is 11.1 Å². The number of rotatable bonds is 6. The largest absolute Gasteiger partial charge is 0.348 e. The summed E-state index contributed by atoms with van der Waals surface area (Å²) >= 11 is 0. The Morgan fingerprint density at radius 2 is 1.40 bits per heavy atom. The predicted molar refractivity (Wildman–Crippen MR) is 120 cm³/mol. The van der Waals surface area contributed by atoms with Crippen molar-refractivity contribution in [2.24, 2.45) is 5.92 Å². The highest BCUT2D eigenvalue weighted by atomic mass is 16.7. The van der Waals surface area contributed by atoms with E-state index in [0.717, 1.165) is 52.1 Å². The van der Waals surface area contributed by atoms with Gasteiger partial charge in [-0.3, -0.25) is 4.90 Å². The van der Waals surface area contributed by atoms with Crippen molar-refractivity contribution in [1.29, 1.82) is 0 Å². The first-order chi connectivity index (χ1) is 14.8. The minimum absolute atomic E-state index is 0.330. The Morgan fingerprint density at radius 3 is 1.93 bits per heavy atom. The van der Waals surface area contributed by atoms with Gasteiger partial charge in [0.25, 0.3) is 0 Å². The van der Waals surface area contributed by atoms with Crippen LogP contribution < -0.4 is 0 Å². The summed E-state index contributed by atoms with van der Waals surface area (Å²) in [7, 11) is 0.